The van der Waals surface area contributed by atoms with Crippen LogP contribution in [0.3, 0.4) is 0 Å². The Hall–Kier alpha value is -0.886. The molecule has 2 aromatic rings. The fourth-order valence-electron chi connectivity index (χ4n) is 6.11. The van der Waals surface area contributed by atoms with Crippen molar-refractivity contribution < 1.29 is 21.7 Å². The summed E-state index contributed by atoms with van der Waals surface area (Å²) in [5.74, 6) is 2.87. The van der Waals surface area contributed by atoms with E-state index in [1.165, 1.54) is 60.8 Å². The molecule has 0 aliphatic heterocycles. The van der Waals surface area contributed by atoms with E-state index in [1.54, 1.807) is 0 Å². The van der Waals surface area contributed by atoms with Crippen molar-refractivity contribution in [2.75, 3.05) is 0 Å². The summed E-state index contributed by atoms with van der Waals surface area (Å²) in [6.07, 6.45) is 9.16. The summed E-state index contributed by atoms with van der Waals surface area (Å²) < 4.78 is 0. The van der Waals surface area contributed by atoms with Gasteiger partial charge in [0.05, 0.1) is 0 Å². The van der Waals surface area contributed by atoms with Crippen LogP contribution >= 0.6 is 0 Å². The van der Waals surface area contributed by atoms with Gasteiger partial charge < -0.3 is 20.6 Å². The maximum absolute atomic E-state index is 8.21. The molecule has 0 heterocycles. The third-order valence-electron chi connectivity index (χ3n) is 6.65. The first-order chi connectivity index (χ1) is 11.7. The molecule has 1 nitrogen and oxygen atoms in total. The summed E-state index contributed by atoms with van der Waals surface area (Å²) in [4.78, 5) is 0. The van der Waals surface area contributed by atoms with Crippen molar-refractivity contribution in [3.05, 3.63) is 80.2 Å². The van der Waals surface area contributed by atoms with E-state index in [0.717, 1.165) is 24.2 Å². The standard InChI is InChI=1S/C13H9.C10H16N.2CH3.Ti/c1-3-7-12-10(5-1)9-11-6-2-4-8-13(11)12;11-10-4-7-1-8(5-10)3-9(2-7)6-10;;;/h1-5,7-8H,9H2;7-9,11H,1-6H2;2*1H3;/q4*-1;+4. The van der Waals surface area contributed by atoms with E-state index in [9.17, 15) is 0 Å². The first-order valence-electron chi connectivity index (χ1n) is 9.51. The topological polar surface area (TPSA) is 23.8 Å². The number of nitrogens with one attached hydrogen (secondary N) is 1. The summed E-state index contributed by atoms with van der Waals surface area (Å²) >= 11 is 0. The van der Waals surface area contributed by atoms with Gasteiger partial charge in [-0.2, -0.15) is 29.8 Å². The predicted molar refractivity (Wildman–Crippen MR) is 112 cm³/mol. The first kappa shape index (κ1) is 22.4. The van der Waals surface area contributed by atoms with Gasteiger partial charge in [-0.15, -0.1) is 11.1 Å². The molecule has 5 aliphatic rings. The van der Waals surface area contributed by atoms with Crippen molar-refractivity contribution in [2.24, 2.45) is 17.8 Å². The molecule has 2 heteroatoms. The van der Waals surface area contributed by atoms with Crippen LogP contribution in [0.25, 0.3) is 16.9 Å². The zero-order valence-corrected chi connectivity index (χ0v) is 18.3. The molecule has 27 heavy (non-hydrogen) atoms. The summed E-state index contributed by atoms with van der Waals surface area (Å²) in [5, 5.41) is 0. The molecule has 4 bridgehead atoms. The molecule has 0 radical (unpaired) electrons. The Morgan fingerprint density at radius 3 is 1.96 bits per heavy atom. The third-order valence-corrected chi connectivity index (χ3v) is 6.65. The quantitative estimate of drug-likeness (QED) is 0.291. The van der Waals surface area contributed by atoms with Crippen LogP contribution in [-0.2, 0) is 28.1 Å². The van der Waals surface area contributed by atoms with Crippen molar-refractivity contribution in [1.29, 1.82) is 0 Å². The average molecular weight is 393 g/mol. The van der Waals surface area contributed by atoms with Crippen LogP contribution in [0, 0.1) is 38.7 Å². The van der Waals surface area contributed by atoms with Crippen molar-refractivity contribution >= 4 is 0 Å². The van der Waals surface area contributed by atoms with Gasteiger partial charge in [0.1, 0.15) is 0 Å². The van der Waals surface area contributed by atoms with Crippen molar-refractivity contribution in [3.8, 4) is 11.1 Å². The Kier molecular flexibility index (Phi) is 7.17. The fourth-order valence-corrected chi connectivity index (χ4v) is 6.11. The van der Waals surface area contributed by atoms with Crippen LogP contribution in [-0.4, -0.2) is 5.54 Å². The zero-order chi connectivity index (χ0) is 16.1. The van der Waals surface area contributed by atoms with Gasteiger partial charge in [-0.05, 0) is 43.4 Å². The molecule has 0 atom stereocenters. The fraction of sp³-hybridized carbons (Fsp3) is 0.440. The molecule has 2 aromatic carbocycles. The van der Waals surface area contributed by atoms with Gasteiger partial charge in [0.25, 0.3) is 0 Å². The number of hydrogen-bond donors (Lipinski definition) is 0. The zero-order valence-electron chi connectivity index (χ0n) is 16.7. The average Bonchev–Trinajstić information content (AvgIpc) is 2.92. The molecule has 7 rings (SSSR count). The number of hydrogen-bond acceptors (Lipinski definition) is 0. The smallest absolute Gasteiger partial charge is 0.672 e. The van der Waals surface area contributed by atoms with Gasteiger partial charge in [0, 0.05) is 0 Å². The number of rotatable bonds is 0. The largest absolute Gasteiger partial charge is 4.00 e. The van der Waals surface area contributed by atoms with Gasteiger partial charge >= 0.3 is 21.7 Å². The minimum absolute atomic E-state index is 0. The van der Waals surface area contributed by atoms with Crippen LogP contribution in [0.1, 0.15) is 49.7 Å². The Bertz CT molecular complexity index is 688. The molecule has 1 N–H and O–H groups in total. The van der Waals surface area contributed by atoms with Crippen molar-refractivity contribution in [2.45, 2.75) is 50.5 Å². The second kappa shape index (κ2) is 8.64. The van der Waals surface area contributed by atoms with Crippen LogP contribution < -0.4 is 0 Å². The number of fused-ring (bicyclic) bond motifs is 3. The van der Waals surface area contributed by atoms with Crippen LogP contribution in [0.5, 0.6) is 0 Å². The third kappa shape index (κ3) is 4.26. The van der Waals surface area contributed by atoms with E-state index in [2.05, 4.69) is 42.5 Å². The van der Waals surface area contributed by atoms with Gasteiger partial charge in [-0.25, -0.2) is 0 Å². The predicted octanol–water partition coefficient (Wildman–Crippen LogP) is 6.96. The minimum atomic E-state index is 0. The summed E-state index contributed by atoms with van der Waals surface area (Å²) in [6.45, 7) is 0. The maximum Gasteiger partial charge on any atom is 4.00 e. The summed E-state index contributed by atoms with van der Waals surface area (Å²) in [7, 11) is 0. The van der Waals surface area contributed by atoms with Gasteiger partial charge in [-0.3, -0.25) is 0 Å². The molecule has 140 valence electrons. The second-order valence-corrected chi connectivity index (χ2v) is 8.59. The molecule has 0 aromatic heterocycles. The van der Waals surface area contributed by atoms with E-state index in [1.807, 2.05) is 6.07 Å². The molecule has 4 fully saturated rings. The number of benzene rings is 2. The molecular weight excluding hydrogens is 362 g/mol. The van der Waals surface area contributed by atoms with Crippen LogP contribution in [0.15, 0.2) is 42.5 Å². The maximum atomic E-state index is 8.21. The Morgan fingerprint density at radius 2 is 1.37 bits per heavy atom. The Balaban J connectivity index is 0.000000176. The molecule has 5 aliphatic carbocycles. The van der Waals surface area contributed by atoms with Gasteiger partial charge in [0.15, 0.2) is 0 Å². The first-order valence-corrected chi connectivity index (χ1v) is 9.51. The van der Waals surface area contributed by atoms with E-state index >= 15 is 0 Å². The monoisotopic (exact) mass is 393 g/mol. The molecule has 0 unspecified atom stereocenters. The summed E-state index contributed by atoms with van der Waals surface area (Å²) in [6, 6.07) is 18.1. The van der Waals surface area contributed by atoms with Gasteiger partial charge in [0.2, 0.25) is 0 Å². The molecular formula is C25H31NTi. The Morgan fingerprint density at radius 1 is 0.815 bits per heavy atom. The van der Waals surface area contributed by atoms with E-state index in [0.29, 0.717) is 0 Å². The normalized spacial score (nSPS) is 30.5. The van der Waals surface area contributed by atoms with E-state index in [-0.39, 0.29) is 42.1 Å². The van der Waals surface area contributed by atoms with Crippen molar-refractivity contribution in [1.82, 2.24) is 0 Å². The van der Waals surface area contributed by atoms with E-state index in [4.69, 9.17) is 5.73 Å². The van der Waals surface area contributed by atoms with Crippen LogP contribution in [0.4, 0.5) is 0 Å². The second-order valence-electron chi connectivity index (χ2n) is 8.59. The molecule has 0 spiro atoms. The molecule has 0 amide bonds. The molecule has 0 saturated heterocycles. The van der Waals surface area contributed by atoms with Gasteiger partial charge in [-0.1, -0.05) is 54.7 Å². The SMILES string of the molecule is [CH3-].[CH3-].[NH-]C12CC3CC(CC(C3)C1)C2.[Ti+4].[c-]1cccc2c1Cc1ccccc1-2. The summed E-state index contributed by atoms with van der Waals surface area (Å²) in [5.41, 5.74) is 13.8. The Labute approximate surface area is 181 Å². The minimum Gasteiger partial charge on any atom is -0.672 e. The van der Waals surface area contributed by atoms with Crippen LogP contribution in [0.2, 0.25) is 0 Å². The van der Waals surface area contributed by atoms with Crippen molar-refractivity contribution in [3.63, 3.8) is 0 Å². The molecule has 4 saturated carbocycles. The van der Waals surface area contributed by atoms with E-state index < -0.39 is 0 Å².